The third-order valence-electron chi connectivity index (χ3n) is 4.82. The maximum atomic E-state index is 6.22. The largest absolute Gasteiger partial charge is 0.353 e. The molecule has 3 nitrogen and oxygen atoms in total. The lowest BCUT2D eigenvalue weighted by atomic mass is 9.96. The van der Waals surface area contributed by atoms with Crippen molar-refractivity contribution in [1.82, 2.24) is 10.3 Å². The summed E-state index contributed by atoms with van der Waals surface area (Å²) in [6.45, 7) is 1.95. The number of rotatable bonds is 4. The zero-order valence-corrected chi connectivity index (χ0v) is 13.0. The normalized spacial score (nSPS) is 23.7. The molecule has 0 bridgehead atoms. The molecule has 0 amide bonds. The van der Waals surface area contributed by atoms with Gasteiger partial charge in [-0.3, -0.25) is 0 Å². The Kier molecular flexibility index (Phi) is 4.47. The Morgan fingerprint density at radius 3 is 2.85 bits per heavy atom. The average molecular weight is 294 g/mol. The predicted molar refractivity (Wildman–Crippen MR) is 84.3 cm³/mol. The molecule has 0 aromatic carbocycles. The van der Waals surface area contributed by atoms with Gasteiger partial charge in [0.1, 0.15) is 5.82 Å². The molecule has 1 unspecified atom stereocenters. The van der Waals surface area contributed by atoms with Crippen molar-refractivity contribution in [2.45, 2.75) is 51.1 Å². The van der Waals surface area contributed by atoms with Gasteiger partial charge in [0.15, 0.2) is 0 Å². The molecule has 1 aromatic heterocycles. The molecule has 1 aliphatic carbocycles. The van der Waals surface area contributed by atoms with Gasteiger partial charge >= 0.3 is 0 Å². The number of aromatic nitrogens is 1. The second kappa shape index (κ2) is 6.31. The third-order valence-corrected chi connectivity index (χ3v) is 5.17. The second-order valence-corrected chi connectivity index (χ2v) is 6.52. The SMILES string of the molecule is CNCc1cc(N2CCCC2C2CCCC2)ncc1Cl. The lowest BCUT2D eigenvalue weighted by Gasteiger charge is -2.30. The van der Waals surface area contributed by atoms with Gasteiger partial charge in [-0.05, 0) is 50.3 Å². The summed E-state index contributed by atoms with van der Waals surface area (Å²) < 4.78 is 0. The molecule has 3 rings (SSSR count). The van der Waals surface area contributed by atoms with Crippen molar-refractivity contribution in [2.75, 3.05) is 18.5 Å². The van der Waals surface area contributed by atoms with E-state index in [1.165, 1.54) is 38.5 Å². The Bertz CT molecular complexity index is 457. The van der Waals surface area contributed by atoms with E-state index >= 15 is 0 Å². The van der Waals surface area contributed by atoms with Crippen molar-refractivity contribution >= 4 is 17.4 Å². The number of halogens is 1. The minimum Gasteiger partial charge on any atom is -0.353 e. The van der Waals surface area contributed by atoms with Crippen molar-refractivity contribution in [2.24, 2.45) is 5.92 Å². The number of nitrogens with one attached hydrogen (secondary N) is 1. The molecule has 2 aliphatic rings. The van der Waals surface area contributed by atoms with Crippen LogP contribution >= 0.6 is 11.6 Å². The smallest absolute Gasteiger partial charge is 0.129 e. The highest BCUT2D eigenvalue weighted by molar-refractivity contribution is 6.31. The number of hydrogen-bond acceptors (Lipinski definition) is 3. The van der Waals surface area contributed by atoms with Crippen LogP contribution in [-0.2, 0) is 6.54 Å². The Labute approximate surface area is 126 Å². The molecule has 1 saturated carbocycles. The summed E-state index contributed by atoms with van der Waals surface area (Å²) >= 11 is 6.22. The fourth-order valence-corrected chi connectivity index (χ4v) is 4.03. The highest BCUT2D eigenvalue weighted by atomic mass is 35.5. The van der Waals surface area contributed by atoms with Crippen molar-refractivity contribution in [3.8, 4) is 0 Å². The minimum absolute atomic E-state index is 0.702. The van der Waals surface area contributed by atoms with Gasteiger partial charge in [-0.25, -0.2) is 4.98 Å². The maximum absolute atomic E-state index is 6.22. The number of anilines is 1. The van der Waals surface area contributed by atoms with Crippen molar-refractivity contribution < 1.29 is 0 Å². The maximum Gasteiger partial charge on any atom is 0.129 e. The van der Waals surface area contributed by atoms with Crippen LogP contribution in [0.5, 0.6) is 0 Å². The van der Waals surface area contributed by atoms with Gasteiger partial charge in [0.25, 0.3) is 0 Å². The molecule has 0 spiro atoms. The molecule has 2 heterocycles. The second-order valence-electron chi connectivity index (χ2n) is 6.11. The molecule has 1 saturated heterocycles. The summed E-state index contributed by atoms with van der Waals surface area (Å²) in [6, 6.07) is 2.88. The van der Waals surface area contributed by atoms with Crippen LogP contribution in [0.25, 0.3) is 0 Å². The van der Waals surface area contributed by atoms with Crippen LogP contribution in [0.15, 0.2) is 12.3 Å². The van der Waals surface area contributed by atoms with Crippen molar-refractivity contribution in [3.63, 3.8) is 0 Å². The lowest BCUT2D eigenvalue weighted by Crippen LogP contribution is -2.35. The van der Waals surface area contributed by atoms with Crippen LogP contribution in [0.1, 0.15) is 44.1 Å². The molecule has 1 atom stereocenters. The van der Waals surface area contributed by atoms with E-state index < -0.39 is 0 Å². The first-order valence-corrected chi connectivity index (χ1v) is 8.23. The van der Waals surface area contributed by atoms with E-state index in [1.54, 1.807) is 0 Å². The van der Waals surface area contributed by atoms with E-state index in [1.807, 2.05) is 13.2 Å². The van der Waals surface area contributed by atoms with E-state index in [2.05, 4.69) is 21.3 Å². The van der Waals surface area contributed by atoms with Crippen molar-refractivity contribution in [1.29, 1.82) is 0 Å². The van der Waals surface area contributed by atoms with Gasteiger partial charge in [0.05, 0.1) is 5.02 Å². The number of nitrogens with zero attached hydrogens (tertiary/aromatic N) is 2. The molecule has 1 N–H and O–H groups in total. The molecule has 2 fully saturated rings. The highest BCUT2D eigenvalue weighted by Gasteiger charge is 2.34. The molecule has 1 aliphatic heterocycles. The van der Waals surface area contributed by atoms with Gasteiger partial charge in [-0.1, -0.05) is 24.4 Å². The zero-order chi connectivity index (χ0) is 13.9. The number of pyridine rings is 1. The molecule has 4 heteroatoms. The Morgan fingerprint density at radius 1 is 1.30 bits per heavy atom. The highest BCUT2D eigenvalue weighted by Crippen LogP contribution is 2.37. The average Bonchev–Trinajstić information content (AvgIpc) is 3.11. The first-order valence-electron chi connectivity index (χ1n) is 7.85. The molecule has 0 radical (unpaired) electrons. The third kappa shape index (κ3) is 2.79. The summed E-state index contributed by atoms with van der Waals surface area (Å²) in [4.78, 5) is 7.12. The van der Waals surface area contributed by atoms with Crippen LogP contribution in [-0.4, -0.2) is 24.6 Å². The quantitative estimate of drug-likeness (QED) is 0.919. The van der Waals surface area contributed by atoms with Crippen molar-refractivity contribution in [3.05, 3.63) is 22.8 Å². The molecule has 1 aromatic rings. The van der Waals surface area contributed by atoms with E-state index in [4.69, 9.17) is 11.6 Å². The van der Waals surface area contributed by atoms with E-state index in [0.717, 1.165) is 35.4 Å². The Balaban J connectivity index is 1.81. The summed E-state index contributed by atoms with van der Waals surface area (Å²) in [7, 11) is 1.95. The van der Waals surface area contributed by atoms with Gasteiger partial charge in [-0.2, -0.15) is 0 Å². The van der Waals surface area contributed by atoms with E-state index in [0.29, 0.717) is 6.04 Å². The fraction of sp³-hybridized carbons (Fsp3) is 0.688. The summed E-state index contributed by atoms with van der Waals surface area (Å²) in [5, 5.41) is 3.94. The molecule has 110 valence electrons. The summed E-state index contributed by atoms with van der Waals surface area (Å²) in [5.74, 6) is 2.00. The van der Waals surface area contributed by atoms with E-state index in [9.17, 15) is 0 Å². The van der Waals surface area contributed by atoms with E-state index in [-0.39, 0.29) is 0 Å². The van der Waals surface area contributed by atoms with Gasteiger partial charge in [-0.15, -0.1) is 0 Å². The molecular weight excluding hydrogens is 270 g/mol. The topological polar surface area (TPSA) is 28.2 Å². The van der Waals surface area contributed by atoms with Gasteiger partial charge in [0, 0.05) is 25.3 Å². The van der Waals surface area contributed by atoms with Crippen LogP contribution in [0.2, 0.25) is 5.02 Å². The van der Waals surface area contributed by atoms with Gasteiger partial charge < -0.3 is 10.2 Å². The number of hydrogen-bond donors (Lipinski definition) is 1. The van der Waals surface area contributed by atoms with Crippen LogP contribution < -0.4 is 10.2 Å². The standard InChI is InChI=1S/C16H24ClN3/c1-18-10-13-9-16(19-11-14(13)17)20-8-4-7-15(20)12-5-2-3-6-12/h9,11-12,15,18H,2-8,10H2,1H3. The van der Waals surface area contributed by atoms with Gasteiger partial charge in [0.2, 0.25) is 0 Å². The Morgan fingerprint density at radius 2 is 2.10 bits per heavy atom. The fourth-order valence-electron chi connectivity index (χ4n) is 3.86. The lowest BCUT2D eigenvalue weighted by molar-refractivity contribution is 0.429. The monoisotopic (exact) mass is 293 g/mol. The zero-order valence-electron chi connectivity index (χ0n) is 12.2. The molecule has 20 heavy (non-hydrogen) atoms. The summed E-state index contributed by atoms with van der Waals surface area (Å²) in [5.41, 5.74) is 1.15. The Hall–Kier alpha value is -0.800. The first-order chi connectivity index (χ1) is 9.79. The molecular formula is C16H24ClN3. The first kappa shape index (κ1) is 14.2. The van der Waals surface area contributed by atoms with Crippen LogP contribution in [0.3, 0.4) is 0 Å². The predicted octanol–water partition coefficient (Wildman–Crippen LogP) is 3.61. The summed E-state index contributed by atoms with van der Waals surface area (Å²) in [6.07, 6.45) is 10.1. The minimum atomic E-state index is 0.702. The van der Waals surface area contributed by atoms with Crippen LogP contribution in [0.4, 0.5) is 5.82 Å². The van der Waals surface area contributed by atoms with Crippen LogP contribution in [0, 0.1) is 5.92 Å².